The quantitative estimate of drug-likeness (QED) is 0.584. The summed E-state index contributed by atoms with van der Waals surface area (Å²) in [6, 6.07) is 0. The highest BCUT2D eigenvalue weighted by Gasteiger charge is 2.34. The predicted molar refractivity (Wildman–Crippen MR) is 48.6 cm³/mol. The molecule has 0 aromatic carbocycles. The highest BCUT2D eigenvalue weighted by atomic mass is 16.5. The Labute approximate surface area is 83.0 Å². The number of amides is 1. The number of likely N-dealkylation sites (tertiary alicyclic amines) is 1. The van der Waals surface area contributed by atoms with Crippen molar-refractivity contribution >= 4 is 11.9 Å². The number of carbonyl (C=O) groups is 2. The van der Waals surface area contributed by atoms with E-state index in [1.807, 2.05) is 0 Å². The highest BCUT2D eigenvalue weighted by molar-refractivity contribution is 5.86. The molecule has 14 heavy (non-hydrogen) atoms. The first-order chi connectivity index (χ1) is 6.69. The van der Waals surface area contributed by atoms with Crippen LogP contribution in [0.3, 0.4) is 0 Å². The number of hydrogen-bond acceptors (Lipinski definition) is 4. The van der Waals surface area contributed by atoms with Gasteiger partial charge >= 0.3 is 5.97 Å². The SMILES string of the molecule is COCCN1C[C@H](C(=O)OC)CC1=O. The van der Waals surface area contributed by atoms with Crippen molar-refractivity contribution in [2.75, 3.05) is 33.9 Å². The van der Waals surface area contributed by atoms with Crippen molar-refractivity contribution in [3.63, 3.8) is 0 Å². The van der Waals surface area contributed by atoms with Crippen LogP contribution in [0.15, 0.2) is 0 Å². The van der Waals surface area contributed by atoms with Crippen LogP contribution in [0.25, 0.3) is 0 Å². The number of carbonyl (C=O) groups excluding carboxylic acids is 2. The topological polar surface area (TPSA) is 55.8 Å². The van der Waals surface area contributed by atoms with Crippen molar-refractivity contribution in [1.82, 2.24) is 4.90 Å². The van der Waals surface area contributed by atoms with E-state index >= 15 is 0 Å². The van der Waals surface area contributed by atoms with Crippen molar-refractivity contribution in [3.8, 4) is 0 Å². The van der Waals surface area contributed by atoms with Crippen molar-refractivity contribution in [2.24, 2.45) is 5.92 Å². The van der Waals surface area contributed by atoms with Crippen LogP contribution < -0.4 is 0 Å². The summed E-state index contributed by atoms with van der Waals surface area (Å²) in [6.45, 7) is 1.50. The number of rotatable bonds is 4. The number of esters is 1. The molecule has 0 unspecified atom stereocenters. The van der Waals surface area contributed by atoms with E-state index in [0.29, 0.717) is 19.7 Å². The summed E-state index contributed by atoms with van der Waals surface area (Å²) in [5, 5.41) is 0. The molecule has 0 aromatic rings. The third-order valence-corrected chi connectivity index (χ3v) is 2.31. The summed E-state index contributed by atoms with van der Waals surface area (Å²) in [5.74, 6) is -0.611. The lowest BCUT2D eigenvalue weighted by Crippen LogP contribution is -2.29. The molecule has 5 heteroatoms. The van der Waals surface area contributed by atoms with Crippen LogP contribution in [0.2, 0.25) is 0 Å². The molecule has 1 fully saturated rings. The van der Waals surface area contributed by atoms with E-state index in [9.17, 15) is 9.59 Å². The summed E-state index contributed by atoms with van der Waals surface area (Å²) >= 11 is 0. The Morgan fingerprint density at radius 2 is 2.29 bits per heavy atom. The molecule has 0 N–H and O–H groups in total. The fraction of sp³-hybridized carbons (Fsp3) is 0.778. The lowest BCUT2D eigenvalue weighted by atomic mass is 10.1. The van der Waals surface area contributed by atoms with Gasteiger partial charge in [0.15, 0.2) is 0 Å². The van der Waals surface area contributed by atoms with Gasteiger partial charge in [-0.05, 0) is 0 Å². The van der Waals surface area contributed by atoms with Crippen molar-refractivity contribution in [3.05, 3.63) is 0 Å². The zero-order valence-corrected chi connectivity index (χ0v) is 8.49. The third-order valence-electron chi connectivity index (χ3n) is 2.31. The summed E-state index contributed by atoms with van der Waals surface area (Å²) in [7, 11) is 2.92. The van der Waals surface area contributed by atoms with Crippen LogP contribution in [0.4, 0.5) is 0 Å². The molecule has 0 saturated carbocycles. The van der Waals surface area contributed by atoms with Crippen LogP contribution >= 0.6 is 0 Å². The van der Waals surface area contributed by atoms with E-state index in [-0.39, 0.29) is 24.2 Å². The van der Waals surface area contributed by atoms with Gasteiger partial charge in [-0.3, -0.25) is 9.59 Å². The molecule has 0 radical (unpaired) electrons. The second kappa shape index (κ2) is 4.95. The van der Waals surface area contributed by atoms with Crippen LogP contribution in [0.1, 0.15) is 6.42 Å². The predicted octanol–water partition coefficient (Wildman–Crippen LogP) is -0.346. The standard InChI is InChI=1S/C9H15NO4/c1-13-4-3-10-6-7(5-8(10)11)9(12)14-2/h7H,3-6H2,1-2H3/t7-/m1/s1. The van der Waals surface area contributed by atoms with Gasteiger partial charge in [-0.2, -0.15) is 0 Å². The molecule has 1 aliphatic heterocycles. The smallest absolute Gasteiger partial charge is 0.310 e. The lowest BCUT2D eigenvalue weighted by Gasteiger charge is -2.14. The lowest BCUT2D eigenvalue weighted by molar-refractivity contribution is -0.145. The van der Waals surface area contributed by atoms with Gasteiger partial charge in [0.1, 0.15) is 0 Å². The van der Waals surface area contributed by atoms with Gasteiger partial charge in [-0.1, -0.05) is 0 Å². The van der Waals surface area contributed by atoms with E-state index in [4.69, 9.17) is 4.74 Å². The first-order valence-electron chi connectivity index (χ1n) is 4.53. The van der Waals surface area contributed by atoms with E-state index in [1.54, 1.807) is 12.0 Å². The minimum absolute atomic E-state index is 0.00236. The second-order valence-electron chi connectivity index (χ2n) is 3.26. The Hall–Kier alpha value is -1.10. The minimum Gasteiger partial charge on any atom is -0.469 e. The molecule has 0 aliphatic carbocycles. The first-order valence-corrected chi connectivity index (χ1v) is 4.53. The monoisotopic (exact) mass is 201 g/mol. The van der Waals surface area contributed by atoms with E-state index in [2.05, 4.69) is 4.74 Å². The maximum atomic E-state index is 11.4. The van der Waals surface area contributed by atoms with Gasteiger partial charge in [0.25, 0.3) is 0 Å². The summed E-state index contributed by atoms with van der Waals surface area (Å²) < 4.78 is 9.45. The molecule has 1 rings (SSSR count). The second-order valence-corrected chi connectivity index (χ2v) is 3.26. The van der Waals surface area contributed by atoms with Crippen molar-refractivity contribution in [1.29, 1.82) is 0 Å². The zero-order chi connectivity index (χ0) is 10.6. The molecular weight excluding hydrogens is 186 g/mol. The fourth-order valence-corrected chi connectivity index (χ4v) is 1.51. The van der Waals surface area contributed by atoms with Gasteiger partial charge in [-0.25, -0.2) is 0 Å². The molecule has 1 amide bonds. The average molecular weight is 201 g/mol. The molecule has 1 saturated heterocycles. The normalized spacial score (nSPS) is 21.4. The van der Waals surface area contributed by atoms with Crippen molar-refractivity contribution in [2.45, 2.75) is 6.42 Å². The first kappa shape index (κ1) is 11.0. The molecule has 80 valence electrons. The summed E-state index contributed by atoms with van der Waals surface area (Å²) in [4.78, 5) is 24.2. The maximum Gasteiger partial charge on any atom is 0.310 e. The third kappa shape index (κ3) is 2.45. The average Bonchev–Trinajstić information content (AvgIpc) is 2.56. The van der Waals surface area contributed by atoms with Gasteiger partial charge in [0, 0.05) is 26.6 Å². The summed E-state index contributed by atoms with van der Waals surface area (Å²) in [6.07, 6.45) is 0.260. The Morgan fingerprint density at radius 3 is 2.86 bits per heavy atom. The maximum absolute atomic E-state index is 11.4. The molecule has 1 heterocycles. The fourth-order valence-electron chi connectivity index (χ4n) is 1.51. The molecule has 0 spiro atoms. The Balaban J connectivity index is 2.43. The van der Waals surface area contributed by atoms with Gasteiger partial charge in [-0.15, -0.1) is 0 Å². The summed E-state index contributed by atoms with van der Waals surface area (Å²) in [5.41, 5.74) is 0. The molecule has 1 atom stereocenters. The van der Waals surface area contributed by atoms with E-state index in [1.165, 1.54) is 7.11 Å². The van der Waals surface area contributed by atoms with Gasteiger partial charge in [0.2, 0.25) is 5.91 Å². The highest BCUT2D eigenvalue weighted by Crippen LogP contribution is 2.18. The van der Waals surface area contributed by atoms with Crippen molar-refractivity contribution < 1.29 is 19.1 Å². The van der Waals surface area contributed by atoms with Gasteiger partial charge < -0.3 is 14.4 Å². The van der Waals surface area contributed by atoms with Crippen LogP contribution in [-0.4, -0.2) is 50.7 Å². The number of methoxy groups -OCH3 is 2. The Kier molecular flexibility index (Phi) is 3.88. The Bertz CT molecular complexity index is 229. The van der Waals surface area contributed by atoms with Crippen LogP contribution in [0, 0.1) is 5.92 Å². The van der Waals surface area contributed by atoms with E-state index < -0.39 is 0 Å². The largest absolute Gasteiger partial charge is 0.469 e. The molecule has 0 aromatic heterocycles. The van der Waals surface area contributed by atoms with E-state index in [0.717, 1.165) is 0 Å². The Morgan fingerprint density at radius 1 is 1.57 bits per heavy atom. The molecular formula is C9H15NO4. The van der Waals surface area contributed by atoms with Crippen LogP contribution in [-0.2, 0) is 19.1 Å². The molecule has 1 aliphatic rings. The molecule has 5 nitrogen and oxygen atoms in total. The molecule has 0 bridgehead atoms. The number of hydrogen-bond donors (Lipinski definition) is 0. The van der Waals surface area contributed by atoms with Crippen LogP contribution in [0.5, 0.6) is 0 Å². The number of nitrogens with zero attached hydrogens (tertiary/aromatic N) is 1. The minimum atomic E-state index is -0.307. The number of ether oxygens (including phenoxy) is 2. The van der Waals surface area contributed by atoms with Gasteiger partial charge in [0.05, 0.1) is 19.6 Å². The zero-order valence-electron chi connectivity index (χ0n) is 8.49.